The van der Waals surface area contributed by atoms with E-state index in [0.717, 1.165) is 31.4 Å². The van der Waals surface area contributed by atoms with Gasteiger partial charge in [-0.3, -0.25) is 0 Å². The van der Waals surface area contributed by atoms with Crippen LogP contribution < -0.4 is 0 Å². The standard InChI is InChI=1S/C9H16O2/c1-7(2)9(10)6-8-4-3-5-11-8/h8-10H,1,3-6H2,2H3. The second-order valence-electron chi connectivity index (χ2n) is 3.23. The van der Waals surface area contributed by atoms with Crippen LogP contribution in [-0.2, 0) is 4.74 Å². The van der Waals surface area contributed by atoms with E-state index in [0.29, 0.717) is 0 Å². The first-order chi connectivity index (χ1) is 5.20. The lowest BCUT2D eigenvalue weighted by Gasteiger charge is -2.14. The summed E-state index contributed by atoms with van der Waals surface area (Å²) in [6.07, 6.45) is 2.83. The number of aliphatic hydroxyl groups excluding tert-OH is 1. The molecule has 2 heteroatoms. The minimum atomic E-state index is -0.377. The monoisotopic (exact) mass is 156 g/mol. The van der Waals surface area contributed by atoms with Gasteiger partial charge in [-0.05, 0) is 19.8 Å². The van der Waals surface area contributed by atoms with Gasteiger partial charge in [-0.25, -0.2) is 0 Å². The molecule has 11 heavy (non-hydrogen) atoms. The molecule has 1 saturated heterocycles. The van der Waals surface area contributed by atoms with E-state index in [1.54, 1.807) is 0 Å². The number of ether oxygens (including phenoxy) is 1. The predicted molar refractivity (Wildman–Crippen MR) is 44.4 cm³/mol. The minimum Gasteiger partial charge on any atom is -0.389 e. The van der Waals surface area contributed by atoms with Crippen molar-refractivity contribution in [3.05, 3.63) is 12.2 Å². The van der Waals surface area contributed by atoms with Gasteiger partial charge < -0.3 is 9.84 Å². The zero-order valence-corrected chi connectivity index (χ0v) is 7.05. The van der Waals surface area contributed by atoms with Crippen LogP contribution in [-0.4, -0.2) is 23.9 Å². The van der Waals surface area contributed by atoms with Gasteiger partial charge in [0.05, 0.1) is 12.2 Å². The van der Waals surface area contributed by atoms with E-state index < -0.39 is 0 Å². The maximum absolute atomic E-state index is 9.41. The molecule has 0 amide bonds. The normalized spacial score (nSPS) is 26.9. The molecule has 64 valence electrons. The lowest BCUT2D eigenvalue weighted by Crippen LogP contribution is -2.17. The Morgan fingerprint density at radius 3 is 3.00 bits per heavy atom. The second-order valence-corrected chi connectivity index (χ2v) is 3.23. The van der Waals surface area contributed by atoms with Crippen LogP contribution in [0.2, 0.25) is 0 Å². The summed E-state index contributed by atoms with van der Waals surface area (Å²) < 4.78 is 5.37. The fourth-order valence-electron chi connectivity index (χ4n) is 1.28. The first-order valence-electron chi connectivity index (χ1n) is 4.15. The first-order valence-corrected chi connectivity index (χ1v) is 4.15. The molecule has 1 aliphatic heterocycles. The molecule has 0 aromatic carbocycles. The Morgan fingerprint density at radius 1 is 1.82 bits per heavy atom. The summed E-state index contributed by atoms with van der Waals surface area (Å²) in [4.78, 5) is 0. The molecule has 1 fully saturated rings. The molecular formula is C9H16O2. The number of rotatable bonds is 3. The quantitative estimate of drug-likeness (QED) is 0.627. The zero-order chi connectivity index (χ0) is 8.27. The van der Waals surface area contributed by atoms with E-state index in [-0.39, 0.29) is 12.2 Å². The summed E-state index contributed by atoms with van der Waals surface area (Å²) in [5.74, 6) is 0. The summed E-state index contributed by atoms with van der Waals surface area (Å²) in [5, 5.41) is 9.41. The van der Waals surface area contributed by atoms with Gasteiger partial charge in [0, 0.05) is 13.0 Å². The van der Waals surface area contributed by atoms with Crippen LogP contribution in [0.5, 0.6) is 0 Å². The van der Waals surface area contributed by atoms with E-state index in [9.17, 15) is 5.11 Å². The van der Waals surface area contributed by atoms with Gasteiger partial charge in [-0.15, -0.1) is 0 Å². The van der Waals surface area contributed by atoms with Crippen molar-refractivity contribution in [2.45, 2.75) is 38.4 Å². The Bertz CT molecular complexity index is 136. The Kier molecular flexibility index (Phi) is 3.09. The van der Waals surface area contributed by atoms with E-state index in [2.05, 4.69) is 6.58 Å². The van der Waals surface area contributed by atoms with Crippen LogP contribution in [0, 0.1) is 0 Å². The molecule has 0 radical (unpaired) electrons. The molecule has 2 unspecified atom stereocenters. The molecular weight excluding hydrogens is 140 g/mol. The van der Waals surface area contributed by atoms with Gasteiger partial charge in [0.2, 0.25) is 0 Å². The summed E-state index contributed by atoms with van der Waals surface area (Å²) >= 11 is 0. The lowest BCUT2D eigenvalue weighted by atomic mass is 10.0. The first kappa shape index (κ1) is 8.75. The highest BCUT2D eigenvalue weighted by atomic mass is 16.5. The highest BCUT2D eigenvalue weighted by molar-refractivity contribution is 4.97. The summed E-state index contributed by atoms with van der Waals surface area (Å²) in [7, 11) is 0. The van der Waals surface area contributed by atoms with Crippen molar-refractivity contribution in [3.63, 3.8) is 0 Å². The molecule has 1 N–H and O–H groups in total. The molecule has 2 nitrogen and oxygen atoms in total. The predicted octanol–water partition coefficient (Wildman–Crippen LogP) is 1.49. The van der Waals surface area contributed by atoms with E-state index >= 15 is 0 Å². The van der Waals surface area contributed by atoms with Crippen LogP contribution in [0.25, 0.3) is 0 Å². The molecule has 0 aliphatic carbocycles. The molecule has 2 atom stereocenters. The van der Waals surface area contributed by atoms with Crippen molar-refractivity contribution < 1.29 is 9.84 Å². The largest absolute Gasteiger partial charge is 0.389 e. The summed E-state index contributed by atoms with van der Waals surface area (Å²) in [6, 6.07) is 0. The number of aliphatic hydroxyl groups is 1. The lowest BCUT2D eigenvalue weighted by molar-refractivity contribution is 0.0660. The molecule has 1 rings (SSSR count). The topological polar surface area (TPSA) is 29.5 Å². The fraction of sp³-hybridized carbons (Fsp3) is 0.778. The summed E-state index contributed by atoms with van der Waals surface area (Å²) in [6.45, 7) is 6.39. The molecule has 0 spiro atoms. The van der Waals surface area contributed by atoms with Crippen molar-refractivity contribution in [1.82, 2.24) is 0 Å². The SMILES string of the molecule is C=C(C)C(O)CC1CCCO1. The number of hydrogen-bond acceptors (Lipinski definition) is 2. The highest BCUT2D eigenvalue weighted by Crippen LogP contribution is 2.18. The average Bonchev–Trinajstić information content (AvgIpc) is 2.39. The molecule has 1 aliphatic rings. The Labute approximate surface area is 67.9 Å². The van der Waals surface area contributed by atoms with Crippen LogP contribution in [0.1, 0.15) is 26.2 Å². The molecule has 1 heterocycles. The molecule has 0 bridgehead atoms. The zero-order valence-electron chi connectivity index (χ0n) is 7.05. The smallest absolute Gasteiger partial charge is 0.0769 e. The van der Waals surface area contributed by atoms with Crippen LogP contribution in [0.3, 0.4) is 0 Å². The minimum absolute atomic E-state index is 0.265. The van der Waals surface area contributed by atoms with E-state index in [1.165, 1.54) is 0 Å². The van der Waals surface area contributed by atoms with Crippen molar-refractivity contribution >= 4 is 0 Å². The third-order valence-corrected chi connectivity index (χ3v) is 2.08. The molecule has 0 aromatic heterocycles. The fourth-order valence-corrected chi connectivity index (χ4v) is 1.28. The van der Waals surface area contributed by atoms with E-state index in [1.807, 2.05) is 6.92 Å². The van der Waals surface area contributed by atoms with Crippen molar-refractivity contribution in [2.24, 2.45) is 0 Å². The maximum atomic E-state index is 9.41. The second kappa shape index (κ2) is 3.88. The van der Waals surface area contributed by atoms with Crippen LogP contribution >= 0.6 is 0 Å². The van der Waals surface area contributed by atoms with Crippen LogP contribution in [0.15, 0.2) is 12.2 Å². The maximum Gasteiger partial charge on any atom is 0.0769 e. The molecule has 0 saturated carbocycles. The average molecular weight is 156 g/mol. The van der Waals surface area contributed by atoms with Gasteiger partial charge in [0.1, 0.15) is 0 Å². The van der Waals surface area contributed by atoms with Gasteiger partial charge in [0.25, 0.3) is 0 Å². The third-order valence-electron chi connectivity index (χ3n) is 2.08. The van der Waals surface area contributed by atoms with Crippen molar-refractivity contribution in [1.29, 1.82) is 0 Å². The van der Waals surface area contributed by atoms with E-state index in [4.69, 9.17) is 4.74 Å². The van der Waals surface area contributed by atoms with Gasteiger partial charge in [0.15, 0.2) is 0 Å². The van der Waals surface area contributed by atoms with Crippen molar-refractivity contribution in [2.75, 3.05) is 6.61 Å². The Hall–Kier alpha value is -0.340. The van der Waals surface area contributed by atoms with Crippen molar-refractivity contribution in [3.8, 4) is 0 Å². The number of hydrogen-bond donors (Lipinski definition) is 1. The van der Waals surface area contributed by atoms with Gasteiger partial charge >= 0.3 is 0 Å². The summed E-state index contributed by atoms with van der Waals surface area (Å²) in [5.41, 5.74) is 0.834. The van der Waals surface area contributed by atoms with Gasteiger partial charge in [-0.2, -0.15) is 0 Å². The van der Waals surface area contributed by atoms with Gasteiger partial charge in [-0.1, -0.05) is 12.2 Å². The van der Waals surface area contributed by atoms with Crippen LogP contribution in [0.4, 0.5) is 0 Å². The molecule has 0 aromatic rings. The highest BCUT2D eigenvalue weighted by Gasteiger charge is 2.19. The Morgan fingerprint density at radius 2 is 2.55 bits per heavy atom. The Balaban J connectivity index is 2.23. The third kappa shape index (κ3) is 2.64.